The first-order valence-electron chi connectivity index (χ1n) is 9.12. The average Bonchev–Trinajstić information content (AvgIpc) is 2.76. The summed E-state index contributed by atoms with van der Waals surface area (Å²) in [5.74, 6) is -0.240. The van der Waals surface area contributed by atoms with Crippen LogP contribution >= 0.6 is 0 Å². The van der Waals surface area contributed by atoms with E-state index in [1.54, 1.807) is 18.2 Å². The third-order valence-electron chi connectivity index (χ3n) is 3.99. The van der Waals surface area contributed by atoms with E-state index < -0.39 is 25.1 Å². The molecule has 1 N–H and O–H groups in total. The van der Waals surface area contributed by atoms with Crippen molar-refractivity contribution in [3.63, 3.8) is 0 Å². The zero-order chi connectivity index (χ0) is 22.2. The molecule has 1 aliphatic heterocycles. The Bertz CT molecular complexity index is 978. The fourth-order valence-corrected chi connectivity index (χ4v) is 2.65. The molecule has 0 saturated heterocycles. The second-order valence-electron chi connectivity index (χ2n) is 6.14. The van der Waals surface area contributed by atoms with Crippen LogP contribution in [0.25, 0.3) is 6.08 Å². The van der Waals surface area contributed by atoms with Gasteiger partial charge in [-0.3, -0.25) is 4.79 Å². The minimum Gasteiger partial charge on any atom is -0.493 e. The van der Waals surface area contributed by atoms with Gasteiger partial charge in [-0.25, -0.2) is 4.79 Å². The molecule has 164 valence electrons. The summed E-state index contributed by atoms with van der Waals surface area (Å²) in [4.78, 5) is 23.8. The number of ether oxygens (including phenoxy) is 5. The van der Waals surface area contributed by atoms with Crippen molar-refractivity contribution in [3.8, 4) is 23.0 Å². The molecule has 10 heteroatoms. The maximum Gasteiger partial charge on any atom is 0.387 e. The predicted octanol–water partition coefficient (Wildman–Crippen LogP) is 3.26. The van der Waals surface area contributed by atoms with Gasteiger partial charge in [-0.05, 0) is 35.9 Å². The van der Waals surface area contributed by atoms with E-state index in [2.05, 4.69) is 10.1 Å². The topological polar surface area (TPSA) is 92.3 Å². The molecule has 31 heavy (non-hydrogen) atoms. The average molecular weight is 435 g/mol. The lowest BCUT2D eigenvalue weighted by Gasteiger charge is -2.18. The third kappa shape index (κ3) is 6.33. The summed E-state index contributed by atoms with van der Waals surface area (Å²) in [6.45, 7) is -2.61. The molecule has 0 aromatic heterocycles. The largest absolute Gasteiger partial charge is 0.493 e. The fraction of sp³-hybridized carbons (Fsp3) is 0.238. The lowest BCUT2D eigenvalue weighted by molar-refractivity contribution is -0.142. The maximum absolute atomic E-state index is 12.4. The van der Waals surface area contributed by atoms with E-state index in [1.165, 1.54) is 31.4 Å². The van der Waals surface area contributed by atoms with Gasteiger partial charge in [-0.2, -0.15) is 8.78 Å². The van der Waals surface area contributed by atoms with Crippen LogP contribution in [0.15, 0.2) is 42.5 Å². The molecule has 2 aromatic carbocycles. The van der Waals surface area contributed by atoms with Gasteiger partial charge in [0, 0.05) is 17.8 Å². The van der Waals surface area contributed by atoms with Gasteiger partial charge in [0.05, 0.1) is 7.11 Å². The number of benzene rings is 2. The van der Waals surface area contributed by atoms with Crippen LogP contribution in [0.5, 0.6) is 23.0 Å². The molecule has 8 nitrogen and oxygen atoms in total. The molecule has 0 fully saturated rings. The monoisotopic (exact) mass is 435 g/mol. The van der Waals surface area contributed by atoms with E-state index in [0.29, 0.717) is 36.0 Å². The molecule has 2 aromatic rings. The highest BCUT2D eigenvalue weighted by molar-refractivity contribution is 5.94. The Hall–Kier alpha value is -3.82. The lowest BCUT2D eigenvalue weighted by atomic mass is 10.2. The van der Waals surface area contributed by atoms with Gasteiger partial charge in [0.25, 0.3) is 5.91 Å². The normalized spacial score (nSPS) is 12.5. The van der Waals surface area contributed by atoms with Gasteiger partial charge in [-0.1, -0.05) is 6.07 Å². The first-order chi connectivity index (χ1) is 14.9. The predicted molar refractivity (Wildman–Crippen MR) is 106 cm³/mol. The summed E-state index contributed by atoms with van der Waals surface area (Å²) in [5.41, 5.74) is 0.954. The van der Waals surface area contributed by atoms with Crippen LogP contribution in [0.1, 0.15) is 5.56 Å². The molecule has 0 spiro atoms. The van der Waals surface area contributed by atoms with Gasteiger partial charge < -0.3 is 29.0 Å². The van der Waals surface area contributed by atoms with E-state index >= 15 is 0 Å². The SMILES string of the molecule is COc1cc(/C=C/C(=O)OCC(=O)Nc2ccc3c(c2)OCCO3)ccc1OC(F)F. The Morgan fingerprint density at radius 1 is 1.10 bits per heavy atom. The Morgan fingerprint density at radius 2 is 1.87 bits per heavy atom. The van der Waals surface area contributed by atoms with E-state index in [0.717, 1.165) is 6.08 Å². The lowest BCUT2D eigenvalue weighted by Crippen LogP contribution is -2.20. The number of carbonyl (C=O) groups excluding carboxylic acids is 2. The minimum atomic E-state index is -2.99. The number of hydrogen-bond acceptors (Lipinski definition) is 7. The highest BCUT2D eigenvalue weighted by Crippen LogP contribution is 2.32. The summed E-state index contributed by atoms with van der Waals surface area (Å²) in [6, 6.07) is 9.08. The molecular formula is C21H19F2NO7. The van der Waals surface area contributed by atoms with Crippen LogP contribution in [0, 0.1) is 0 Å². The minimum absolute atomic E-state index is 0.0784. The summed E-state index contributed by atoms with van der Waals surface area (Å²) < 4.78 is 49.8. The number of methoxy groups -OCH3 is 1. The van der Waals surface area contributed by atoms with Crippen molar-refractivity contribution >= 4 is 23.6 Å². The Balaban J connectivity index is 1.50. The number of carbonyl (C=O) groups is 2. The number of amides is 1. The van der Waals surface area contributed by atoms with Gasteiger partial charge in [0.15, 0.2) is 29.6 Å². The van der Waals surface area contributed by atoms with Gasteiger partial charge in [-0.15, -0.1) is 0 Å². The van der Waals surface area contributed by atoms with Crippen molar-refractivity contribution in [2.75, 3.05) is 32.2 Å². The molecule has 1 aliphatic rings. The number of nitrogens with one attached hydrogen (secondary N) is 1. The molecular weight excluding hydrogens is 416 g/mol. The number of esters is 1. The Kier molecular flexibility index (Phi) is 7.26. The van der Waals surface area contributed by atoms with E-state index in [4.69, 9.17) is 18.9 Å². The number of fused-ring (bicyclic) bond motifs is 1. The third-order valence-corrected chi connectivity index (χ3v) is 3.99. The summed E-state index contributed by atoms with van der Waals surface area (Å²) in [6.07, 6.45) is 2.48. The number of halogens is 2. The zero-order valence-corrected chi connectivity index (χ0v) is 16.4. The second kappa shape index (κ2) is 10.3. The second-order valence-corrected chi connectivity index (χ2v) is 6.14. The van der Waals surface area contributed by atoms with Crippen molar-refractivity contribution in [2.24, 2.45) is 0 Å². The summed E-state index contributed by atoms with van der Waals surface area (Å²) in [7, 11) is 1.30. The van der Waals surface area contributed by atoms with Crippen LogP contribution < -0.4 is 24.3 Å². The molecule has 0 unspecified atom stereocenters. The zero-order valence-electron chi connectivity index (χ0n) is 16.4. The standard InChI is InChI=1S/C21H19F2NO7/c1-27-17-10-13(2-5-16(17)31-21(22)23)3-7-20(26)30-12-19(25)24-14-4-6-15-18(11-14)29-9-8-28-15/h2-7,10-11,21H,8-9,12H2,1H3,(H,24,25)/b7-3+. The molecule has 0 saturated carbocycles. The Labute approximate surface area is 176 Å². The molecule has 0 bridgehead atoms. The highest BCUT2D eigenvalue weighted by Gasteiger charge is 2.14. The number of alkyl halides is 2. The van der Waals surface area contributed by atoms with E-state index in [9.17, 15) is 18.4 Å². The molecule has 3 rings (SSSR count). The van der Waals surface area contributed by atoms with Gasteiger partial charge >= 0.3 is 12.6 Å². The van der Waals surface area contributed by atoms with Crippen LogP contribution in [-0.2, 0) is 14.3 Å². The van der Waals surface area contributed by atoms with Crippen LogP contribution in [0.2, 0.25) is 0 Å². The van der Waals surface area contributed by atoms with Crippen LogP contribution in [0.3, 0.4) is 0 Å². The van der Waals surface area contributed by atoms with Crippen molar-refractivity contribution in [2.45, 2.75) is 6.61 Å². The fourth-order valence-electron chi connectivity index (χ4n) is 2.65. The van der Waals surface area contributed by atoms with Crippen molar-refractivity contribution < 1.29 is 42.1 Å². The van der Waals surface area contributed by atoms with E-state index in [-0.39, 0.29) is 11.5 Å². The maximum atomic E-state index is 12.4. The van der Waals surface area contributed by atoms with Crippen molar-refractivity contribution in [1.29, 1.82) is 0 Å². The molecule has 0 aliphatic carbocycles. The first kappa shape index (κ1) is 21.9. The Morgan fingerprint density at radius 3 is 2.61 bits per heavy atom. The van der Waals surface area contributed by atoms with Crippen molar-refractivity contribution in [3.05, 3.63) is 48.0 Å². The molecule has 1 amide bonds. The quantitative estimate of drug-likeness (QED) is 0.503. The molecule has 0 radical (unpaired) electrons. The van der Waals surface area contributed by atoms with Gasteiger partial charge in [0.1, 0.15) is 13.2 Å². The smallest absolute Gasteiger partial charge is 0.387 e. The molecule has 0 atom stereocenters. The number of rotatable bonds is 8. The van der Waals surface area contributed by atoms with Gasteiger partial charge in [0.2, 0.25) is 0 Å². The highest BCUT2D eigenvalue weighted by atomic mass is 19.3. The summed E-state index contributed by atoms with van der Waals surface area (Å²) >= 11 is 0. The number of anilines is 1. The molecule has 1 heterocycles. The van der Waals surface area contributed by atoms with Crippen LogP contribution in [-0.4, -0.2) is 45.4 Å². The van der Waals surface area contributed by atoms with E-state index in [1.807, 2.05) is 0 Å². The summed E-state index contributed by atoms with van der Waals surface area (Å²) in [5, 5.41) is 2.59. The van der Waals surface area contributed by atoms with Crippen LogP contribution in [0.4, 0.5) is 14.5 Å². The first-order valence-corrected chi connectivity index (χ1v) is 9.12. The number of hydrogen-bond donors (Lipinski definition) is 1. The van der Waals surface area contributed by atoms with Crippen molar-refractivity contribution in [1.82, 2.24) is 0 Å².